The molecule has 0 unspecified atom stereocenters. The van der Waals surface area contributed by atoms with Crippen LogP contribution in [0.25, 0.3) is 49.4 Å². The van der Waals surface area contributed by atoms with E-state index in [1.165, 1.54) is 122 Å². The summed E-state index contributed by atoms with van der Waals surface area (Å²) in [6, 6.07) is 49.7. The molecule has 0 atom stereocenters. The molecule has 6 aliphatic rings. The molecule has 0 radical (unpaired) electrons. The summed E-state index contributed by atoms with van der Waals surface area (Å²) in [6.45, 7) is 7.07. The molecule has 2 nitrogen and oxygen atoms in total. The highest BCUT2D eigenvalue weighted by Gasteiger charge is 2.38. The minimum atomic E-state index is -0.0732. The van der Waals surface area contributed by atoms with Gasteiger partial charge in [-0.3, -0.25) is 0 Å². The number of hydrogen-bond acceptors (Lipinski definition) is 2. The quantitative estimate of drug-likeness (QED) is 0.163. The van der Waals surface area contributed by atoms with Gasteiger partial charge in [0.15, 0.2) is 0 Å². The minimum Gasteiger partial charge on any atom is -0.310 e. The van der Waals surface area contributed by atoms with Gasteiger partial charge in [0.05, 0.1) is 0 Å². The Kier molecular flexibility index (Phi) is 8.79. The number of aryl methyl sites for hydroxylation is 2. The van der Waals surface area contributed by atoms with Crippen LogP contribution >= 0.6 is 0 Å². The van der Waals surface area contributed by atoms with Crippen LogP contribution in [0.15, 0.2) is 192 Å². The Balaban J connectivity index is 1.12. The zero-order chi connectivity index (χ0) is 43.4. The van der Waals surface area contributed by atoms with E-state index in [9.17, 15) is 0 Å². The van der Waals surface area contributed by atoms with Crippen LogP contribution in [0.4, 0.5) is 22.7 Å². The summed E-state index contributed by atoms with van der Waals surface area (Å²) in [7, 11) is 0. The number of anilines is 4. The Morgan fingerprint density at radius 2 is 1.06 bits per heavy atom. The average Bonchev–Trinajstić information content (AvgIpc) is 3.45. The van der Waals surface area contributed by atoms with E-state index in [2.05, 4.69) is 194 Å². The molecule has 0 amide bonds. The summed E-state index contributed by atoms with van der Waals surface area (Å²) in [6.07, 6.45) is 24.2. The lowest BCUT2D eigenvalue weighted by atomic mass is 9.78. The molecule has 0 N–H and O–H groups in total. The monoisotopic (exact) mass is 838 g/mol. The Bertz CT molecular complexity index is 3380. The smallest absolute Gasteiger partial charge is 0.0496 e. The number of fused-ring (bicyclic) bond motifs is 6. The van der Waals surface area contributed by atoms with Crippen LogP contribution in [0, 0.1) is 6.92 Å². The molecule has 0 spiro atoms. The predicted octanol–water partition coefficient (Wildman–Crippen LogP) is 17.0. The standard InChI is InChI=1S/C63H54N2/c1-40-24-26-43(27-25-40)61-51-34-31-48(65-59-22-12-6-16-44(59)36-45-17-7-13-23-60(45)65)39-54(51)62(46-30-33-50-49-18-8-9-19-55(49)63(2,3)56(50)37-46)52-35-32-47(38-53(52)61)64-57-20-10-4-14-41(57)28-29-42-15-5-11-21-58(42)64/h4,6,9-14,16,19-27,30-35,37-39H,5,7-8,15,17-18,28-29,36H2,1-3H3. The Labute approximate surface area is 383 Å². The molecule has 0 fully saturated rings. The maximum atomic E-state index is 2.58. The second-order valence-electron chi connectivity index (χ2n) is 19.8. The van der Waals surface area contributed by atoms with Crippen LogP contribution in [-0.2, 0) is 18.3 Å². The molecule has 0 aromatic heterocycles. The van der Waals surface area contributed by atoms with Crippen molar-refractivity contribution >= 4 is 49.9 Å². The molecule has 2 heterocycles. The van der Waals surface area contributed by atoms with Gasteiger partial charge < -0.3 is 9.80 Å². The molecule has 7 aromatic carbocycles. The zero-order valence-electron chi connectivity index (χ0n) is 37.8. The first-order valence-corrected chi connectivity index (χ1v) is 24.1. The van der Waals surface area contributed by atoms with Gasteiger partial charge in [0.25, 0.3) is 0 Å². The van der Waals surface area contributed by atoms with Crippen molar-refractivity contribution in [2.24, 2.45) is 0 Å². The fourth-order valence-electron chi connectivity index (χ4n) is 12.4. The van der Waals surface area contributed by atoms with E-state index in [1.807, 2.05) is 0 Å². The van der Waals surface area contributed by atoms with Crippen molar-refractivity contribution in [3.63, 3.8) is 0 Å². The van der Waals surface area contributed by atoms with Crippen LogP contribution in [-0.4, -0.2) is 0 Å². The van der Waals surface area contributed by atoms with Crippen LogP contribution in [0.2, 0.25) is 0 Å². The first-order chi connectivity index (χ1) is 31.9. The van der Waals surface area contributed by atoms with Crippen molar-refractivity contribution in [3.05, 3.63) is 220 Å². The van der Waals surface area contributed by atoms with E-state index in [0.717, 1.165) is 57.8 Å². The molecular weight excluding hydrogens is 785 g/mol. The fourth-order valence-corrected chi connectivity index (χ4v) is 12.4. The molecule has 316 valence electrons. The summed E-state index contributed by atoms with van der Waals surface area (Å²) in [5.74, 6) is 0. The summed E-state index contributed by atoms with van der Waals surface area (Å²) >= 11 is 0. The van der Waals surface area contributed by atoms with Gasteiger partial charge in [-0.15, -0.1) is 0 Å². The van der Waals surface area contributed by atoms with Gasteiger partial charge >= 0.3 is 0 Å². The number of nitrogens with zero attached hydrogens (tertiary/aromatic N) is 2. The summed E-state index contributed by atoms with van der Waals surface area (Å²) in [5.41, 5.74) is 25.9. The lowest BCUT2D eigenvalue weighted by Gasteiger charge is -2.36. The molecule has 2 aliphatic heterocycles. The average molecular weight is 839 g/mol. The molecule has 0 saturated heterocycles. The van der Waals surface area contributed by atoms with Gasteiger partial charge in [-0.2, -0.15) is 0 Å². The second-order valence-corrected chi connectivity index (χ2v) is 19.8. The largest absolute Gasteiger partial charge is 0.310 e. The maximum Gasteiger partial charge on any atom is 0.0496 e. The molecule has 13 rings (SSSR count). The third kappa shape index (κ3) is 5.99. The number of rotatable bonds is 4. The van der Waals surface area contributed by atoms with Gasteiger partial charge in [-0.25, -0.2) is 0 Å². The highest BCUT2D eigenvalue weighted by atomic mass is 15.2. The van der Waals surface area contributed by atoms with Crippen molar-refractivity contribution < 1.29 is 0 Å². The fraction of sp³-hybridized carbons (Fsp3) is 0.206. The van der Waals surface area contributed by atoms with Crippen molar-refractivity contribution in [2.45, 2.75) is 84.0 Å². The third-order valence-electron chi connectivity index (χ3n) is 15.6. The lowest BCUT2D eigenvalue weighted by Crippen LogP contribution is -2.24. The molecule has 0 bridgehead atoms. The summed E-state index contributed by atoms with van der Waals surface area (Å²) < 4.78 is 0. The van der Waals surface area contributed by atoms with E-state index in [-0.39, 0.29) is 5.41 Å². The van der Waals surface area contributed by atoms with Crippen LogP contribution in [0.5, 0.6) is 0 Å². The maximum absolute atomic E-state index is 2.58. The summed E-state index contributed by atoms with van der Waals surface area (Å²) in [5, 5.41) is 5.14. The van der Waals surface area contributed by atoms with Gasteiger partial charge in [0.2, 0.25) is 0 Å². The molecule has 65 heavy (non-hydrogen) atoms. The van der Waals surface area contributed by atoms with E-state index in [4.69, 9.17) is 0 Å². The lowest BCUT2D eigenvalue weighted by molar-refractivity contribution is 0.651. The van der Waals surface area contributed by atoms with Crippen molar-refractivity contribution in [2.75, 3.05) is 9.80 Å². The number of benzene rings is 7. The van der Waals surface area contributed by atoms with Crippen molar-refractivity contribution in [3.8, 4) is 22.3 Å². The molecule has 2 heteroatoms. The van der Waals surface area contributed by atoms with Crippen LogP contribution in [0.1, 0.15) is 86.6 Å². The van der Waals surface area contributed by atoms with Crippen LogP contribution < -0.4 is 9.80 Å². The highest BCUT2D eigenvalue weighted by Crippen LogP contribution is 2.54. The van der Waals surface area contributed by atoms with Crippen LogP contribution in [0.3, 0.4) is 0 Å². The van der Waals surface area contributed by atoms with E-state index in [1.54, 1.807) is 5.57 Å². The number of allylic oxidation sites excluding steroid dienone is 10. The normalized spacial score (nSPS) is 18.1. The first-order valence-electron chi connectivity index (χ1n) is 24.1. The number of para-hydroxylation sites is 2. The van der Waals surface area contributed by atoms with Gasteiger partial charge in [0, 0.05) is 39.6 Å². The van der Waals surface area contributed by atoms with E-state index in [0.29, 0.717) is 0 Å². The molecular formula is C63H54N2. The van der Waals surface area contributed by atoms with E-state index >= 15 is 0 Å². The predicted molar refractivity (Wildman–Crippen MR) is 275 cm³/mol. The van der Waals surface area contributed by atoms with Gasteiger partial charge in [-0.1, -0.05) is 129 Å². The second kappa shape index (κ2) is 14.8. The third-order valence-corrected chi connectivity index (χ3v) is 15.6. The number of hydrogen-bond donors (Lipinski definition) is 0. The first kappa shape index (κ1) is 38.5. The molecule has 7 aromatic rings. The highest BCUT2D eigenvalue weighted by molar-refractivity contribution is 6.22. The minimum absolute atomic E-state index is 0.0732. The molecule has 0 saturated carbocycles. The zero-order valence-corrected chi connectivity index (χ0v) is 37.8. The van der Waals surface area contributed by atoms with Gasteiger partial charge in [0.1, 0.15) is 0 Å². The van der Waals surface area contributed by atoms with Gasteiger partial charge in [-0.05, 0) is 208 Å². The Morgan fingerprint density at radius 3 is 1.78 bits per heavy atom. The summed E-state index contributed by atoms with van der Waals surface area (Å²) in [4.78, 5) is 5.14. The topological polar surface area (TPSA) is 6.48 Å². The molecule has 4 aliphatic carbocycles. The SMILES string of the molecule is Cc1ccc(-c2c3ccc(N4C5=C(CCC=C5)Cc5ccccc54)cc3c(-c3ccc4c(c3)C(C)(C)C3=C4CCC=C3)c3ccc(N4C5=C(CCC=C5)CCc5ccccc54)cc23)cc1. The van der Waals surface area contributed by atoms with E-state index < -0.39 is 0 Å². The van der Waals surface area contributed by atoms with Crippen molar-refractivity contribution in [1.82, 2.24) is 0 Å². The van der Waals surface area contributed by atoms with Crippen molar-refractivity contribution in [1.29, 1.82) is 0 Å². The Morgan fingerprint density at radius 1 is 0.477 bits per heavy atom. The Hall–Kier alpha value is -6.90.